The third-order valence-corrected chi connectivity index (χ3v) is 8.49. The number of benzene rings is 3. The van der Waals surface area contributed by atoms with E-state index in [1.54, 1.807) is 25.5 Å². The second kappa shape index (κ2) is 11.5. The zero-order valence-electron chi connectivity index (χ0n) is 23.3. The highest BCUT2D eigenvalue weighted by Gasteiger charge is 2.33. The van der Waals surface area contributed by atoms with Crippen LogP contribution in [-0.2, 0) is 16.1 Å². The Morgan fingerprint density at radius 3 is 2.69 bits per heavy atom. The fraction of sp³-hybridized carbons (Fsp3) is 0.182. The number of halogens is 1. The molecule has 0 radical (unpaired) electrons. The lowest BCUT2D eigenvalue weighted by atomic mass is 9.95. The van der Waals surface area contributed by atoms with Crippen LogP contribution in [0, 0.1) is 0 Å². The molecule has 212 valence electrons. The van der Waals surface area contributed by atoms with Crippen molar-refractivity contribution in [3.8, 4) is 5.75 Å². The highest BCUT2D eigenvalue weighted by molar-refractivity contribution is 7.07. The molecule has 0 saturated heterocycles. The Kier molecular flexibility index (Phi) is 7.58. The van der Waals surface area contributed by atoms with Gasteiger partial charge in [0.1, 0.15) is 5.75 Å². The summed E-state index contributed by atoms with van der Waals surface area (Å²) in [6.07, 6.45) is 3.96. The number of thiazole rings is 1. The molecular weight excluding hydrogens is 570 g/mol. The number of nitrogens with zero attached hydrogens (tertiary/aromatic N) is 3. The number of hydrogen-bond donors (Lipinski definition) is 0. The van der Waals surface area contributed by atoms with Gasteiger partial charge in [-0.15, -0.1) is 0 Å². The van der Waals surface area contributed by atoms with Crippen molar-refractivity contribution < 1.29 is 14.3 Å². The first-order valence-corrected chi connectivity index (χ1v) is 14.7. The summed E-state index contributed by atoms with van der Waals surface area (Å²) in [5, 5.41) is 1.71. The first-order chi connectivity index (χ1) is 20.4. The average Bonchev–Trinajstić information content (AvgIpc) is 3.48. The van der Waals surface area contributed by atoms with E-state index in [-0.39, 0.29) is 12.2 Å². The number of esters is 1. The van der Waals surface area contributed by atoms with Gasteiger partial charge in [-0.25, -0.2) is 9.79 Å². The lowest BCUT2D eigenvalue weighted by Crippen LogP contribution is -2.39. The van der Waals surface area contributed by atoms with E-state index >= 15 is 0 Å². The third kappa shape index (κ3) is 5.08. The fourth-order valence-corrected chi connectivity index (χ4v) is 6.66. The van der Waals surface area contributed by atoms with Gasteiger partial charge in [0.15, 0.2) is 4.80 Å². The summed E-state index contributed by atoms with van der Waals surface area (Å²) in [6, 6.07) is 22.6. The van der Waals surface area contributed by atoms with E-state index in [9.17, 15) is 9.59 Å². The molecule has 0 spiro atoms. The van der Waals surface area contributed by atoms with E-state index in [0.717, 1.165) is 27.6 Å². The first-order valence-electron chi connectivity index (χ1n) is 13.5. The SMILES string of the molecule is CCOC(=O)C1=C(C)N=c2s/c(=C\c3cn(Cc4cccc(Cl)c4)c4ccccc34)c(=O)n2[C@@H]1c1cccc(OC)c1. The zero-order valence-corrected chi connectivity index (χ0v) is 24.9. The van der Waals surface area contributed by atoms with Crippen molar-refractivity contribution in [3.63, 3.8) is 0 Å². The third-order valence-electron chi connectivity index (χ3n) is 7.27. The van der Waals surface area contributed by atoms with Crippen molar-refractivity contribution in [2.75, 3.05) is 13.7 Å². The summed E-state index contributed by atoms with van der Waals surface area (Å²) in [5.41, 5.74) is 4.40. The van der Waals surface area contributed by atoms with E-state index in [2.05, 4.69) is 22.9 Å². The van der Waals surface area contributed by atoms with E-state index in [1.807, 2.05) is 66.7 Å². The van der Waals surface area contributed by atoms with Crippen molar-refractivity contribution in [2.45, 2.75) is 26.4 Å². The molecule has 2 aromatic heterocycles. The molecule has 42 heavy (non-hydrogen) atoms. The molecule has 6 rings (SSSR count). The second-order valence-electron chi connectivity index (χ2n) is 9.94. The zero-order chi connectivity index (χ0) is 29.4. The van der Waals surface area contributed by atoms with Gasteiger partial charge in [0.05, 0.1) is 35.6 Å². The smallest absolute Gasteiger partial charge is 0.338 e. The van der Waals surface area contributed by atoms with Crippen LogP contribution in [0.25, 0.3) is 17.0 Å². The number of methoxy groups -OCH3 is 1. The van der Waals surface area contributed by atoms with Gasteiger partial charge in [0, 0.05) is 34.2 Å². The Morgan fingerprint density at radius 1 is 1.10 bits per heavy atom. The van der Waals surface area contributed by atoms with Crippen LogP contribution in [0.15, 0.2) is 100 Å². The summed E-state index contributed by atoms with van der Waals surface area (Å²) in [7, 11) is 1.58. The van der Waals surface area contributed by atoms with Gasteiger partial charge in [-0.3, -0.25) is 9.36 Å². The average molecular weight is 598 g/mol. The number of aromatic nitrogens is 2. The summed E-state index contributed by atoms with van der Waals surface area (Å²) in [4.78, 5) is 32.5. The molecule has 0 bridgehead atoms. The topological polar surface area (TPSA) is 74.8 Å². The summed E-state index contributed by atoms with van der Waals surface area (Å²) < 4.78 is 15.1. The molecule has 0 amide bonds. The Balaban J connectivity index is 1.52. The number of carbonyl (C=O) groups excluding carboxylic acids is 1. The highest BCUT2D eigenvalue weighted by Crippen LogP contribution is 2.32. The van der Waals surface area contributed by atoms with Gasteiger partial charge in [-0.2, -0.15) is 0 Å². The molecule has 3 aromatic carbocycles. The van der Waals surface area contributed by atoms with Crippen LogP contribution in [0.2, 0.25) is 5.02 Å². The van der Waals surface area contributed by atoms with Gasteiger partial charge in [-0.1, -0.05) is 65.4 Å². The Morgan fingerprint density at radius 2 is 1.90 bits per heavy atom. The molecule has 0 N–H and O–H groups in total. The maximum Gasteiger partial charge on any atom is 0.338 e. The van der Waals surface area contributed by atoms with Crippen LogP contribution in [-0.4, -0.2) is 28.8 Å². The molecule has 0 saturated carbocycles. The summed E-state index contributed by atoms with van der Waals surface area (Å²) >= 11 is 7.54. The lowest BCUT2D eigenvalue weighted by Gasteiger charge is -2.25. The van der Waals surface area contributed by atoms with Crippen molar-refractivity contribution in [1.29, 1.82) is 0 Å². The van der Waals surface area contributed by atoms with Crippen LogP contribution in [0.1, 0.15) is 36.6 Å². The molecule has 9 heteroatoms. The normalized spacial score (nSPS) is 15.0. The fourth-order valence-electron chi connectivity index (χ4n) is 5.41. The maximum absolute atomic E-state index is 14.1. The standard InChI is InChI=1S/C33H28ClN3O4S/c1-4-41-32(39)29-20(2)35-33-37(30(29)22-10-8-12-25(16-22)40-3)31(38)28(42-33)17-23-19-36(27-14-6-5-13-26(23)27)18-21-9-7-11-24(34)15-21/h5-17,19,30H,4,18H2,1-3H3/b28-17-/t30-/m1/s1. The molecule has 3 heterocycles. The van der Waals surface area contributed by atoms with Crippen molar-refractivity contribution >= 4 is 45.9 Å². The molecule has 1 atom stereocenters. The van der Waals surface area contributed by atoms with Gasteiger partial charge in [-0.05, 0) is 61.4 Å². The van der Waals surface area contributed by atoms with Crippen molar-refractivity contribution in [3.05, 3.63) is 132 Å². The summed E-state index contributed by atoms with van der Waals surface area (Å²) in [6.45, 7) is 4.38. The molecule has 1 aliphatic rings. The number of para-hydroxylation sites is 1. The minimum atomic E-state index is -0.707. The predicted octanol–water partition coefficient (Wildman–Crippen LogP) is 5.46. The molecule has 0 fully saturated rings. The lowest BCUT2D eigenvalue weighted by molar-refractivity contribution is -0.139. The van der Waals surface area contributed by atoms with Gasteiger partial charge in [0.25, 0.3) is 5.56 Å². The Labute approximate surface area is 251 Å². The van der Waals surface area contributed by atoms with Crippen LogP contribution in [0.3, 0.4) is 0 Å². The molecule has 0 unspecified atom stereocenters. The minimum Gasteiger partial charge on any atom is -0.497 e. The molecule has 1 aliphatic heterocycles. The van der Waals surface area contributed by atoms with E-state index < -0.39 is 12.0 Å². The van der Waals surface area contributed by atoms with Crippen LogP contribution < -0.4 is 19.6 Å². The number of hydrogen-bond acceptors (Lipinski definition) is 6. The van der Waals surface area contributed by atoms with Crippen LogP contribution >= 0.6 is 22.9 Å². The maximum atomic E-state index is 14.1. The molecule has 0 aliphatic carbocycles. The predicted molar refractivity (Wildman–Crippen MR) is 166 cm³/mol. The Hall–Kier alpha value is -4.40. The number of ether oxygens (including phenoxy) is 2. The van der Waals surface area contributed by atoms with Gasteiger partial charge >= 0.3 is 5.97 Å². The Bertz CT molecular complexity index is 2050. The molecular formula is C33H28ClN3O4S. The summed E-state index contributed by atoms with van der Waals surface area (Å²) in [5.74, 6) is 0.130. The number of fused-ring (bicyclic) bond motifs is 2. The quantitative estimate of drug-likeness (QED) is 0.233. The van der Waals surface area contributed by atoms with Crippen molar-refractivity contribution in [2.24, 2.45) is 4.99 Å². The number of allylic oxidation sites excluding steroid dienone is 1. The number of rotatable bonds is 7. The van der Waals surface area contributed by atoms with Crippen molar-refractivity contribution in [1.82, 2.24) is 9.13 Å². The van der Waals surface area contributed by atoms with Crippen LogP contribution in [0.5, 0.6) is 5.75 Å². The van der Waals surface area contributed by atoms with E-state index in [1.165, 1.54) is 11.3 Å². The minimum absolute atomic E-state index is 0.212. The second-order valence-corrected chi connectivity index (χ2v) is 11.4. The highest BCUT2D eigenvalue weighted by atomic mass is 35.5. The van der Waals surface area contributed by atoms with Gasteiger partial charge in [0.2, 0.25) is 0 Å². The monoisotopic (exact) mass is 597 g/mol. The van der Waals surface area contributed by atoms with E-state index in [0.29, 0.717) is 37.9 Å². The van der Waals surface area contributed by atoms with Crippen LogP contribution in [0.4, 0.5) is 0 Å². The number of carbonyl (C=O) groups is 1. The first kappa shape index (κ1) is 27.8. The molecule has 5 aromatic rings. The van der Waals surface area contributed by atoms with E-state index in [4.69, 9.17) is 26.1 Å². The van der Waals surface area contributed by atoms with Gasteiger partial charge < -0.3 is 14.0 Å². The molecule has 7 nitrogen and oxygen atoms in total. The largest absolute Gasteiger partial charge is 0.497 e.